The molecule has 1 aromatic carbocycles. The minimum Gasteiger partial charge on any atom is -0.480 e. The summed E-state index contributed by atoms with van der Waals surface area (Å²) in [5.74, 6) is -6.34. The molecular weight excluding hydrogens is 277 g/mol. The standard InChI is InChI=1S/C12H13F3N2O3/c1-5(2)10(11(18)19)17-12(20)16-7-4-3-6(13)8(14)9(7)15/h3-5,10H,1-2H3,(H,18,19)(H2,16,17,20)/t10-/m1/s1. The number of aliphatic carboxylic acids is 1. The number of amides is 2. The first-order chi connectivity index (χ1) is 9.23. The van der Waals surface area contributed by atoms with Crippen molar-refractivity contribution in [3.63, 3.8) is 0 Å². The molecule has 0 aromatic heterocycles. The van der Waals surface area contributed by atoms with Gasteiger partial charge in [0.15, 0.2) is 17.5 Å². The molecule has 0 aliphatic carbocycles. The number of hydrogen-bond acceptors (Lipinski definition) is 2. The highest BCUT2D eigenvalue weighted by atomic mass is 19.2. The average molecular weight is 290 g/mol. The van der Waals surface area contributed by atoms with Gasteiger partial charge in [-0.05, 0) is 18.1 Å². The fourth-order valence-corrected chi connectivity index (χ4v) is 1.44. The zero-order chi connectivity index (χ0) is 15.4. The predicted molar refractivity (Wildman–Crippen MR) is 64.7 cm³/mol. The average Bonchev–Trinajstić information content (AvgIpc) is 2.36. The van der Waals surface area contributed by atoms with E-state index >= 15 is 0 Å². The van der Waals surface area contributed by atoms with Crippen LogP contribution >= 0.6 is 0 Å². The highest BCUT2D eigenvalue weighted by Crippen LogP contribution is 2.19. The monoisotopic (exact) mass is 290 g/mol. The van der Waals surface area contributed by atoms with Gasteiger partial charge >= 0.3 is 12.0 Å². The molecule has 1 rings (SSSR count). The fraction of sp³-hybridized carbons (Fsp3) is 0.333. The summed E-state index contributed by atoms with van der Waals surface area (Å²) in [5.41, 5.74) is -0.589. The van der Waals surface area contributed by atoms with E-state index in [2.05, 4.69) is 5.32 Å². The first-order valence-electron chi connectivity index (χ1n) is 5.67. The van der Waals surface area contributed by atoms with Crippen LogP contribution in [-0.2, 0) is 4.79 Å². The Hall–Kier alpha value is -2.25. The van der Waals surface area contributed by atoms with Gasteiger partial charge < -0.3 is 15.7 Å². The van der Waals surface area contributed by atoms with Crippen molar-refractivity contribution >= 4 is 17.7 Å². The molecule has 0 saturated carbocycles. The Morgan fingerprint density at radius 3 is 2.25 bits per heavy atom. The highest BCUT2D eigenvalue weighted by molar-refractivity contribution is 5.92. The van der Waals surface area contributed by atoms with Gasteiger partial charge in [0.1, 0.15) is 6.04 Å². The third-order valence-corrected chi connectivity index (χ3v) is 2.50. The van der Waals surface area contributed by atoms with Crippen LogP contribution in [0.4, 0.5) is 23.7 Å². The Morgan fingerprint density at radius 1 is 1.15 bits per heavy atom. The van der Waals surface area contributed by atoms with Crippen molar-refractivity contribution < 1.29 is 27.9 Å². The summed E-state index contributed by atoms with van der Waals surface area (Å²) in [6, 6.07) is -0.747. The highest BCUT2D eigenvalue weighted by Gasteiger charge is 2.24. The second kappa shape index (κ2) is 6.27. The van der Waals surface area contributed by atoms with Gasteiger partial charge in [-0.2, -0.15) is 0 Å². The maximum atomic E-state index is 13.3. The number of carbonyl (C=O) groups excluding carboxylic acids is 1. The quantitative estimate of drug-likeness (QED) is 0.745. The van der Waals surface area contributed by atoms with Gasteiger partial charge in [0.05, 0.1) is 5.69 Å². The van der Waals surface area contributed by atoms with Crippen LogP contribution in [0.2, 0.25) is 0 Å². The second-order valence-corrected chi connectivity index (χ2v) is 4.38. The van der Waals surface area contributed by atoms with Gasteiger partial charge in [-0.25, -0.2) is 22.8 Å². The Kier molecular flexibility index (Phi) is 4.95. The lowest BCUT2D eigenvalue weighted by atomic mass is 10.1. The van der Waals surface area contributed by atoms with Crippen LogP contribution < -0.4 is 10.6 Å². The van der Waals surface area contributed by atoms with Crippen LogP contribution in [0.15, 0.2) is 12.1 Å². The molecule has 8 heteroatoms. The number of rotatable bonds is 4. The third-order valence-electron chi connectivity index (χ3n) is 2.50. The van der Waals surface area contributed by atoms with E-state index in [-0.39, 0.29) is 0 Å². The molecule has 0 saturated heterocycles. The van der Waals surface area contributed by atoms with Crippen LogP contribution in [-0.4, -0.2) is 23.1 Å². The minimum absolute atomic E-state index is 0.409. The summed E-state index contributed by atoms with van der Waals surface area (Å²) >= 11 is 0. The van der Waals surface area contributed by atoms with Gasteiger partial charge in [-0.1, -0.05) is 13.8 Å². The number of halogens is 3. The summed E-state index contributed by atoms with van der Waals surface area (Å²) in [6.45, 7) is 3.13. The SMILES string of the molecule is CC(C)[C@@H](NC(=O)Nc1ccc(F)c(F)c1F)C(=O)O. The molecule has 0 aliphatic heterocycles. The van der Waals surface area contributed by atoms with Crippen molar-refractivity contribution in [2.75, 3.05) is 5.32 Å². The fourth-order valence-electron chi connectivity index (χ4n) is 1.44. The summed E-state index contributed by atoms with van der Waals surface area (Å²) in [7, 11) is 0. The first kappa shape index (κ1) is 15.8. The summed E-state index contributed by atoms with van der Waals surface area (Å²) in [6.07, 6.45) is 0. The van der Waals surface area contributed by atoms with Crippen LogP contribution in [0.3, 0.4) is 0 Å². The lowest BCUT2D eigenvalue weighted by Gasteiger charge is -2.18. The molecular formula is C12H13F3N2O3. The van der Waals surface area contributed by atoms with Gasteiger partial charge in [0.2, 0.25) is 0 Å². The molecule has 3 N–H and O–H groups in total. The molecule has 0 unspecified atom stereocenters. The van der Waals surface area contributed by atoms with Crippen molar-refractivity contribution in [2.45, 2.75) is 19.9 Å². The van der Waals surface area contributed by atoms with E-state index in [1.165, 1.54) is 0 Å². The van der Waals surface area contributed by atoms with E-state index in [4.69, 9.17) is 5.11 Å². The van der Waals surface area contributed by atoms with E-state index in [0.717, 1.165) is 6.07 Å². The third kappa shape index (κ3) is 3.62. The van der Waals surface area contributed by atoms with Crippen LogP contribution in [0.25, 0.3) is 0 Å². The molecule has 5 nitrogen and oxygen atoms in total. The number of urea groups is 1. The Morgan fingerprint density at radius 2 is 1.75 bits per heavy atom. The summed E-state index contributed by atoms with van der Waals surface area (Å²) in [5, 5.41) is 12.9. The molecule has 0 aliphatic rings. The van der Waals surface area contributed by atoms with Crippen LogP contribution in [0.1, 0.15) is 13.8 Å². The minimum atomic E-state index is -1.72. The molecule has 0 radical (unpaired) electrons. The van der Waals surface area contributed by atoms with E-state index in [1.54, 1.807) is 13.8 Å². The summed E-state index contributed by atoms with van der Waals surface area (Å²) < 4.78 is 38.9. The number of carbonyl (C=O) groups is 2. The van der Waals surface area contributed by atoms with Gasteiger partial charge in [0, 0.05) is 0 Å². The molecule has 0 spiro atoms. The van der Waals surface area contributed by atoms with Gasteiger partial charge in [-0.15, -0.1) is 0 Å². The smallest absolute Gasteiger partial charge is 0.326 e. The summed E-state index contributed by atoms with van der Waals surface area (Å²) in [4.78, 5) is 22.4. The number of anilines is 1. The maximum absolute atomic E-state index is 13.3. The first-order valence-corrected chi connectivity index (χ1v) is 5.67. The van der Waals surface area contributed by atoms with Crippen molar-refractivity contribution in [1.29, 1.82) is 0 Å². The number of benzene rings is 1. The molecule has 0 bridgehead atoms. The Balaban J connectivity index is 2.81. The molecule has 0 fully saturated rings. The topological polar surface area (TPSA) is 78.4 Å². The number of carboxylic acid groups (broad SMARTS) is 1. The van der Waals surface area contributed by atoms with Crippen LogP contribution in [0.5, 0.6) is 0 Å². The number of carboxylic acids is 1. The zero-order valence-electron chi connectivity index (χ0n) is 10.7. The van der Waals surface area contributed by atoms with Gasteiger partial charge in [-0.3, -0.25) is 0 Å². The van der Waals surface area contributed by atoms with Crippen molar-refractivity contribution in [3.8, 4) is 0 Å². The molecule has 110 valence electrons. The lowest BCUT2D eigenvalue weighted by molar-refractivity contribution is -0.140. The second-order valence-electron chi connectivity index (χ2n) is 4.38. The lowest BCUT2D eigenvalue weighted by Crippen LogP contribution is -2.46. The normalized spacial score (nSPS) is 12.1. The Bertz CT molecular complexity index is 535. The number of nitrogens with one attached hydrogen (secondary N) is 2. The molecule has 20 heavy (non-hydrogen) atoms. The zero-order valence-corrected chi connectivity index (χ0v) is 10.7. The van der Waals surface area contributed by atoms with Crippen molar-refractivity contribution in [2.24, 2.45) is 5.92 Å². The predicted octanol–water partition coefficient (Wildman–Crippen LogP) is 2.33. The van der Waals surface area contributed by atoms with Crippen LogP contribution in [0, 0.1) is 23.4 Å². The largest absolute Gasteiger partial charge is 0.480 e. The molecule has 1 aromatic rings. The van der Waals surface area contributed by atoms with Crippen molar-refractivity contribution in [1.82, 2.24) is 5.32 Å². The van der Waals surface area contributed by atoms with E-state index in [0.29, 0.717) is 6.07 Å². The molecule has 1 atom stereocenters. The molecule has 0 heterocycles. The van der Waals surface area contributed by atoms with Crippen molar-refractivity contribution in [3.05, 3.63) is 29.6 Å². The Labute approximate surface area is 112 Å². The van der Waals surface area contributed by atoms with Gasteiger partial charge in [0.25, 0.3) is 0 Å². The maximum Gasteiger partial charge on any atom is 0.326 e. The van der Waals surface area contributed by atoms with E-state index in [1.807, 2.05) is 5.32 Å². The van der Waals surface area contributed by atoms with E-state index < -0.39 is 47.1 Å². The van der Waals surface area contributed by atoms with E-state index in [9.17, 15) is 22.8 Å². The number of hydrogen-bond donors (Lipinski definition) is 3. The molecule has 2 amide bonds.